The summed E-state index contributed by atoms with van der Waals surface area (Å²) in [5, 5.41) is 6.12. The first kappa shape index (κ1) is 23.5. The molecule has 1 amide bonds. The maximum Gasteiger partial charge on any atom is 0.275 e. The number of fused-ring (bicyclic) bond motifs is 1. The van der Waals surface area contributed by atoms with Crippen molar-refractivity contribution in [1.82, 2.24) is 5.43 Å². The van der Waals surface area contributed by atoms with Crippen LogP contribution in [0.5, 0.6) is 11.5 Å². The van der Waals surface area contributed by atoms with E-state index < -0.39 is 0 Å². The first-order valence-corrected chi connectivity index (χ1v) is 12.3. The first-order chi connectivity index (χ1) is 16.0. The number of hydrogen-bond acceptors (Lipinski definition) is 4. The molecule has 7 heteroatoms. The van der Waals surface area contributed by atoms with E-state index in [9.17, 15) is 4.79 Å². The van der Waals surface area contributed by atoms with Crippen molar-refractivity contribution in [2.45, 2.75) is 6.61 Å². The molecule has 0 unspecified atom stereocenters. The highest BCUT2D eigenvalue weighted by Crippen LogP contribution is 2.29. The molecule has 166 valence electrons. The molecule has 0 heterocycles. The second-order valence-electron chi connectivity index (χ2n) is 7.19. The lowest BCUT2D eigenvalue weighted by atomic mass is 10.1. The van der Waals surface area contributed by atoms with E-state index in [0.717, 1.165) is 34.8 Å². The summed E-state index contributed by atoms with van der Waals surface area (Å²) in [6, 6.07) is 25.5. The van der Waals surface area contributed by atoms with E-state index in [2.05, 4.69) is 55.7 Å². The smallest absolute Gasteiger partial charge is 0.275 e. The third-order valence-corrected chi connectivity index (χ3v) is 6.54. The lowest BCUT2D eigenvalue weighted by molar-refractivity contribution is 0.0952. The van der Waals surface area contributed by atoms with Crippen molar-refractivity contribution in [2.24, 2.45) is 5.10 Å². The van der Waals surface area contributed by atoms with Gasteiger partial charge in [-0.05, 0) is 91.3 Å². The SMILES string of the molecule is COc1cc2ccccc2cc1C(=O)N/N=C\c1cc(I)c(OCc2ccccc2)c(I)c1. The fourth-order valence-electron chi connectivity index (χ4n) is 3.31. The van der Waals surface area contributed by atoms with E-state index in [4.69, 9.17) is 9.47 Å². The van der Waals surface area contributed by atoms with Crippen molar-refractivity contribution in [3.05, 3.63) is 103 Å². The molecule has 0 spiro atoms. The molecule has 0 atom stereocenters. The van der Waals surface area contributed by atoms with Gasteiger partial charge in [0.1, 0.15) is 18.1 Å². The number of halogens is 2. The van der Waals surface area contributed by atoms with Gasteiger partial charge in [-0.15, -0.1) is 0 Å². The van der Waals surface area contributed by atoms with E-state index in [1.165, 1.54) is 0 Å². The van der Waals surface area contributed by atoms with Gasteiger partial charge >= 0.3 is 0 Å². The van der Waals surface area contributed by atoms with Crippen LogP contribution >= 0.6 is 45.2 Å². The van der Waals surface area contributed by atoms with Crippen LogP contribution in [0.15, 0.2) is 84.0 Å². The van der Waals surface area contributed by atoms with Gasteiger partial charge in [0.15, 0.2) is 0 Å². The fourth-order valence-corrected chi connectivity index (χ4v) is 5.44. The molecule has 0 saturated heterocycles. The Labute approximate surface area is 219 Å². The van der Waals surface area contributed by atoms with Gasteiger partial charge in [0.05, 0.1) is 26.0 Å². The first-order valence-electron chi connectivity index (χ1n) is 10.1. The maximum atomic E-state index is 12.7. The van der Waals surface area contributed by atoms with Gasteiger partial charge in [-0.2, -0.15) is 5.10 Å². The summed E-state index contributed by atoms with van der Waals surface area (Å²) in [4.78, 5) is 12.7. The Morgan fingerprint density at radius 1 is 0.939 bits per heavy atom. The van der Waals surface area contributed by atoms with E-state index >= 15 is 0 Å². The Kier molecular flexibility index (Phi) is 7.81. The van der Waals surface area contributed by atoms with Crippen molar-refractivity contribution in [3.63, 3.8) is 0 Å². The summed E-state index contributed by atoms with van der Waals surface area (Å²) in [5.41, 5.74) is 5.01. The van der Waals surface area contributed by atoms with E-state index in [1.54, 1.807) is 13.3 Å². The summed E-state index contributed by atoms with van der Waals surface area (Å²) >= 11 is 4.50. The lowest BCUT2D eigenvalue weighted by Gasteiger charge is -2.11. The van der Waals surface area contributed by atoms with Crippen molar-refractivity contribution >= 4 is 68.1 Å². The maximum absolute atomic E-state index is 12.7. The second kappa shape index (κ2) is 11.0. The Morgan fingerprint density at radius 2 is 1.58 bits per heavy atom. The van der Waals surface area contributed by atoms with Crippen molar-refractivity contribution in [1.29, 1.82) is 0 Å². The predicted octanol–water partition coefficient (Wildman–Crippen LogP) is 6.40. The van der Waals surface area contributed by atoms with Crippen LogP contribution in [0.1, 0.15) is 21.5 Å². The molecular weight excluding hydrogens is 642 g/mol. The van der Waals surface area contributed by atoms with Crippen LogP contribution in [-0.4, -0.2) is 19.2 Å². The van der Waals surface area contributed by atoms with Crippen molar-refractivity contribution in [2.75, 3.05) is 7.11 Å². The van der Waals surface area contributed by atoms with Crippen molar-refractivity contribution < 1.29 is 14.3 Å². The number of rotatable bonds is 7. The lowest BCUT2D eigenvalue weighted by Crippen LogP contribution is -2.18. The second-order valence-corrected chi connectivity index (χ2v) is 9.51. The van der Waals surface area contributed by atoms with Crippen LogP contribution in [0.4, 0.5) is 0 Å². The van der Waals surface area contributed by atoms with E-state index in [0.29, 0.717) is 17.9 Å². The molecule has 0 fully saturated rings. The zero-order chi connectivity index (χ0) is 23.2. The van der Waals surface area contributed by atoms with Gasteiger partial charge in [0.2, 0.25) is 0 Å². The highest BCUT2D eigenvalue weighted by atomic mass is 127. The minimum absolute atomic E-state index is 0.332. The number of ether oxygens (including phenoxy) is 2. The summed E-state index contributed by atoms with van der Waals surface area (Å²) in [5.74, 6) is 1.01. The summed E-state index contributed by atoms with van der Waals surface area (Å²) in [6.45, 7) is 0.504. The number of nitrogens with one attached hydrogen (secondary N) is 1. The Morgan fingerprint density at radius 3 is 2.24 bits per heavy atom. The van der Waals surface area contributed by atoms with Crippen LogP contribution < -0.4 is 14.9 Å². The molecule has 0 aliphatic carbocycles. The van der Waals surface area contributed by atoms with Gasteiger partial charge in [-0.25, -0.2) is 5.43 Å². The Hall–Kier alpha value is -2.66. The Balaban J connectivity index is 1.46. The van der Waals surface area contributed by atoms with Gasteiger partial charge in [-0.1, -0.05) is 54.6 Å². The molecule has 1 N–H and O–H groups in total. The summed E-state index contributed by atoms with van der Waals surface area (Å²) in [6.07, 6.45) is 1.62. The van der Waals surface area contributed by atoms with Crippen LogP contribution in [0.2, 0.25) is 0 Å². The molecule has 0 aliphatic heterocycles. The monoisotopic (exact) mass is 662 g/mol. The third kappa shape index (κ3) is 5.83. The normalized spacial score (nSPS) is 11.0. The molecular formula is C26H20I2N2O3. The molecule has 0 saturated carbocycles. The average Bonchev–Trinajstić information content (AvgIpc) is 2.83. The molecule has 0 radical (unpaired) electrons. The van der Waals surface area contributed by atoms with Gasteiger partial charge in [0, 0.05) is 0 Å². The summed E-state index contributed by atoms with van der Waals surface area (Å²) < 4.78 is 13.4. The standard InChI is InChI=1S/C26H20I2N2O3/c1-32-24-14-20-10-6-5-9-19(20)13-21(24)26(31)30-29-15-18-11-22(27)25(23(28)12-18)33-16-17-7-3-2-4-8-17/h2-15H,16H2,1H3,(H,30,31)/b29-15-. The molecule has 4 rings (SSSR count). The zero-order valence-electron chi connectivity index (χ0n) is 17.7. The minimum Gasteiger partial charge on any atom is -0.496 e. The van der Waals surface area contributed by atoms with Gasteiger partial charge in [0.25, 0.3) is 5.91 Å². The topological polar surface area (TPSA) is 59.9 Å². The minimum atomic E-state index is -0.332. The third-order valence-electron chi connectivity index (χ3n) is 4.94. The van der Waals surface area contributed by atoms with Crippen LogP contribution in [0, 0.1) is 7.14 Å². The zero-order valence-corrected chi connectivity index (χ0v) is 22.0. The highest BCUT2D eigenvalue weighted by molar-refractivity contribution is 14.1. The van der Waals surface area contributed by atoms with Crippen molar-refractivity contribution in [3.8, 4) is 11.5 Å². The molecule has 4 aromatic rings. The number of amides is 1. The molecule has 33 heavy (non-hydrogen) atoms. The highest BCUT2D eigenvalue weighted by Gasteiger charge is 2.13. The number of methoxy groups -OCH3 is 1. The van der Waals surface area contributed by atoms with Gasteiger partial charge < -0.3 is 9.47 Å². The van der Waals surface area contributed by atoms with Crippen LogP contribution in [-0.2, 0) is 6.61 Å². The number of hydrazone groups is 1. The number of hydrogen-bond donors (Lipinski definition) is 1. The van der Waals surface area contributed by atoms with Crippen LogP contribution in [0.3, 0.4) is 0 Å². The van der Waals surface area contributed by atoms with E-state index in [1.807, 2.05) is 78.9 Å². The average molecular weight is 662 g/mol. The largest absolute Gasteiger partial charge is 0.496 e. The number of nitrogens with zero attached hydrogens (tertiary/aromatic N) is 1. The van der Waals surface area contributed by atoms with Crippen LogP contribution in [0.25, 0.3) is 10.8 Å². The van der Waals surface area contributed by atoms with E-state index in [-0.39, 0.29) is 5.91 Å². The molecule has 0 aromatic heterocycles. The predicted molar refractivity (Wildman–Crippen MR) is 148 cm³/mol. The van der Waals surface area contributed by atoms with Gasteiger partial charge in [-0.3, -0.25) is 4.79 Å². The number of benzene rings is 4. The molecule has 0 bridgehead atoms. The fraction of sp³-hybridized carbons (Fsp3) is 0.0769. The number of carbonyl (C=O) groups excluding carboxylic acids is 1. The Bertz CT molecular complexity index is 1300. The summed E-state index contributed by atoms with van der Waals surface area (Å²) in [7, 11) is 1.55. The number of carbonyl (C=O) groups is 1. The quantitative estimate of drug-likeness (QED) is 0.142. The molecule has 5 nitrogen and oxygen atoms in total. The molecule has 0 aliphatic rings. The molecule has 4 aromatic carbocycles.